The van der Waals surface area contributed by atoms with Crippen molar-refractivity contribution in [3.8, 4) is 11.5 Å². The van der Waals surface area contributed by atoms with E-state index in [9.17, 15) is 0 Å². The van der Waals surface area contributed by atoms with Gasteiger partial charge in [-0.15, -0.1) is 11.6 Å². The van der Waals surface area contributed by atoms with Crippen molar-refractivity contribution < 1.29 is 4.74 Å². The van der Waals surface area contributed by atoms with Gasteiger partial charge in [0.1, 0.15) is 11.5 Å². The van der Waals surface area contributed by atoms with Gasteiger partial charge < -0.3 is 4.74 Å². The fourth-order valence-electron chi connectivity index (χ4n) is 1.35. The lowest BCUT2D eigenvalue weighted by Gasteiger charge is -2.07. The van der Waals surface area contributed by atoms with Gasteiger partial charge in [-0.1, -0.05) is 22.0 Å². The molecule has 0 bridgehead atoms. The number of hydrogen-bond donors (Lipinski definition) is 0. The van der Waals surface area contributed by atoms with Crippen LogP contribution in [-0.2, 0) is 5.88 Å². The Morgan fingerprint density at radius 3 is 2.59 bits per heavy atom. The fraction of sp³-hybridized carbons (Fsp3) is 0.154. The van der Waals surface area contributed by atoms with Gasteiger partial charge in [-0.2, -0.15) is 0 Å². The van der Waals surface area contributed by atoms with Crippen molar-refractivity contribution in [1.29, 1.82) is 0 Å². The molecular formula is C13H11BrClNO. The smallest absolute Gasteiger partial charge is 0.145 e. The van der Waals surface area contributed by atoms with E-state index in [4.69, 9.17) is 16.3 Å². The lowest BCUT2D eigenvalue weighted by Crippen LogP contribution is -1.88. The number of halogens is 2. The Balaban J connectivity index is 2.19. The van der Waals surface area contributed by atoms with Crippen LogP contribution < -0.4 is 4.74 Å². The summed E-state index contributed by atoms with van der Waals surface area (Å²) in [6.07, 6.45) is 1.71. The molecule has 0 spiro atoms. The zero-order valence-electron chi connectivity index (χ0n) is 9.28. The van der Waals surface area contributed by atoms with Crippen LogP contribution in [0.25, 0.3) is 0 Å². The zero-order chi connectivity index (χ0) is 12.3. The second-order valence-electron chi connectivity index (χ2n) is 3.62. The van der Waals surface area contributed by atoms with Crippen molar-refractivity contribution in [2.24, 2.45) is 0 Å². The van der Waals surface area contributed by atoms with Gasteiger partial charge in [-0.05, 0) is 36.8 Å². The third-order valence-corrected chi connectivity index (χ3v) is 3.31. The van der Waals surface area contributed by atoms with Gasteiger partial charge in [0.25, 0.3) is 0 Å². The van der Waals surface area contributed by atoms with Crippen molar-refractivity contribution in [2.75, 3.05) is 0 Å². The molecule has 0 aliphatic rings. The molecule has 2 aromatic rings. The molecule has 0 radical (unpaired) electrons. The highest BCUT2D eigenvalue weighted by atomic mass is 79.9. The van der Waals surface area contributed by atoms with Gasteiger partial charge >= 0.3 is 0 Å². The number of rotatable bonds is 3. The summed E-state index contributed by atoms with van der Waals surface area (Å²) in [5.41, 5.74) is 2.01. The quantitative estimate of drug-likeness (QED) is 0.767. The van der Waals surface area contributed by atoms with E-state index in [1.165, 1.54) is 0 Å². The third kappa shape index (κ3) is 3.20. The van der Waals surface area contributed by atoms with Crippen LogP contribution in [0, 0.1) is 6.92 Å². The van der Waals surface area contributed by atoms with Crippen LogP contribution in [0.2, 0.25) is 0 Å². The van der Waals surface area contributed by atoms with Crippen LogP contribution in [0.5, 0.6) is 11.5 Å². The molecule has 0 aliphatic carbocycles. The van der Waals surface area contributed by atoms with Crippen molar-refractivity contribution in [1.82, 2.24) is 4.98 Å². The first-order valence-corrected chi connectivity index (χ1v) is 6.46. The molecular weight excluding hydrogens is 302 g/mol. The number of aryl methyl sites for hydroxylation is 1. The first kappa shape index (κ1) is 12.4. The summed E-state index contributed by atoms with van der Waals surface area (Å²) in [7, 11) is 0. The van der Waals surface area contributed by atoms with Crippen molar-refractivity contribution >= 4 is 27.5 Å². The number of alkyl halides is 1. The van der Waals surface area contributed by atoms with Gasteiger partial charge in [0.2, 0.25) is 0 Å². The lowest BCUT2D eigenvalue weighted by atomic mass is 10.2. The molecule has 2 rings (SSSR count). The molecule has 0 aliphatic heterocycles. The first-order chi connectivity index (χ1) is 8.19. The Kier molecular flexibility index (Phi) is 4.02. The molecule has 0 unspecified atom stereocenters. The monoisotopic (exact) mass is 311 g/mol. The van der Waals surface area contributed by atoms with Crippen LogP contribution >= 0.6 is 27.5 Å². The number of benzene rings is 1. The summed E-state index contributed by atoms with van der Waals surface area (Å²) < 4.78 is 6.63. The molecule has 0 saturated heterocycles. The number of pyridine rings is 1. The van der Waals surface area contributed by atoms with Crippen LogP contribution in [-0.4, -0.2) is 4.98 Å². The van der Waals surface area contributed by atoms with Crippen LogP contribution in [0.3, 0.4) is 0 Å². The largest absolute Gasteiger partial charge is 0.456 e. The maximum Gasteiger partial charge on any atom is 0.145 e. The van der Waals surface area contributed by atoms with E-state index in [-0.39, 0.29) is 0 Å². The fourth-order valence-corrected chi connectivity index (χ4v) is 2.24. The Labute approximate surface area is 114 Å². The van der Waals surface area contributed by atoms with E-state index in [1.807, 2.05) is 37.3 Å². The minimum atomic E-state index is 0.479. The van der Waals surface area contributed by atoms with Crippen molar-refractivity contribution in [3.05, 3.63) is 52.3 Å². The minimum Gasteiger partial charge on any atom is -0.456 e. The molecule has 88 valence electrons. The van der Waals surface area contributed by atoms with E-state index >= 15 is 0 Å². The third-order valence-electron chi connectivity index (χ3n) is 2.29. The summed E-state index contributed by atoms with van der Waals surface area (Å²) in [6.45, 7) is 1.94. The molecule has 0 N–H and O–H groups in total. The summed E-state index contributed by atoms with van der Waals surface area (Å²) in [6, 6.07) is 9.54. The normalized spacial score (nSPS) is 10.3. The standard InChI is InChI=1S/C13H11BrClNO/c1-9-2-4-12(8-16-9)17-11-5-3-10(7-15)13(14)6-11/h2-6,8H,7H2,1H3. The number of hydrogen-bond acceptors (Lipinski definition) is 2. The van der Waals surface area contributed by atoms with Gasteiger partial charge in [-0.25, -0.2) is 0 Å². The number of ether oxygens (including phenoxy) is 1. The Morgan fingerprint density at radius 2 is 2.00 bits per heavy atom. The van der Waals surface area contributed by atoms with Gasteiger partial charge in [0.15, 0.2) is 0 Å². The zero-order valence-corrected chi connectivity index (χ0v) is 11.6. The van der Waals surface area contributed by atoms with E-state index < -0.39 is 0 Å². The maximum atomic E-state index is 5.78. The SMILES string of the molecule is Cc1ccc(Oc2ccc(CCl)c(Br)c2)cn1. The van der Waals surface area contributed by atoms with Crippen LogP contribution in [0.15, 0.2) is 41.0 Å². The van der Waals surface area contributed by atoms with Gasteiger partial charge in [-0.3, -0.25) is 4.98 Å². The number of aromatic nitrogens is 1. The molecule has 0 saturated carbocycles. The molecule has 1 aromatic carbocycles. The molecule has 17 heavy (non-hydrogen) atoms. The lowest BCUT2D eigenvalue weighted by molar-refractivity contribution is 0.479. The second-order valence-corrected chi connectivity index (χ2v) is 4.75. The predicted molar refractivity (Wildman–Crippen MR) is 72.7 cm³/mol. The highest BCUT2D eigenvalue weighted by Crippen LogP contribution is 2.27. The molecule has 0 fully saturated rings. The molecule has 1 heterocycles. The second kappa shape index (κ2) is 5.52. The van der Waals surface area contributed by atoms with Crippen molar-refractivity contribution in [3.63, 3.8) is 0 Å². The Bertz CT molecular complexity index is 513. The Hall–Kier alpha value is -1.06. The van der Waals surface area contributed by atoms with Gasteiger partial charge in [0.05, 0.1) is 6.20 Å². The molecule has 0 amide bonds. The summed E-state index contributed by atoms with van der Waals surface area (Å²) >= 11 is 9.23. The average Bonchev–Trinajstić information content (AvgIpc) is 2.32. The van der Waals surface area contributed by atoms with Crippen LogP contribution in [0.1, 0.15) is 11.3 Å². The van der Waals surface area contributed by atoms with Crippen molar-refractivity contribution in [2.45, 2.75) is 12.8 Å². The average molecular weight is 313 g/mol. The predicted octanol–water partition coefficient (Wildman–Crippen LogP) is 4.68. The van der Waals surface area contributed by atoms with Crippen LogP contribution in [0.4, 0.5) is 0 Å². The Morgan fingerprint density at radius 1 is 1.24 bits per heavy atom. The molecule has 4 heteroatoms. The van der Waals surface area contributed by atoms with E-state index in [0.717, 1.165) is 27.2 Å². The van der Waals surface area contributed by atoms with E-state index in [1.54, 1.807) is 6.20 Å². The number of nitrogens with zero attached hydrogens (tertiary/aromatic N) is 1. The highest BCUT2D eigenvalue weighted by Gasteiger charge is 2.02. The van der Waals surface area contributed by atoms with E-state index in [2.05, 4.69) is 20.9 Å². The summed E-state index contributed by atoms with van der Waals surface area (Å²) in [5, 5.41) is 0. The topological polar surface area (TPSA) is 22.1 Å². The highest BCUT2D eigenvalue weighted by molar-refractivity contribution is 9.10. The summed E-state index contributed by atoms with van der Waals surface area (Å²) in [4.78, 5) is 4.17. The molecule has 0 atom stereocenters. The molecule has 1 aromatic heterocycles. The maximum absolute atomic E-state index is 5.78. The summed E-state index contributed by atoms with van der Waals surface area (Å²) in [5.74, 6) is 1.96. The van der Waals surface area contributed by atoms with E-state index in [0.29, 0.717) is 5.88 Å². The minimum absolute atomic E-state index is 0.479. The first-order valence-electron chi connectivity index (χ1n) is 5.14. The molecule has 2 nitrogen and oxygen atoms in total. The van der Waals surface area contributed by atoms with Gasteiger partial charge in [0, 0.05) is 16.0 Å².